The van der Waals surface area contributed by atoms with E-state index >= 15 is 0 Å². The van der Waals surface area contributed by atoms with Crippen molar-refractivity contribution in [3.8, 4) is 11.4 Å². The van der Waals surface area contributed by atoms with E-state index in [1.54, 1.807) is 64.4 Å². The third-order valence-corrected chi connectivity index (χ3v) is 6.00. The van der Waals surface area contributed by atoms with E-state index in [-0.39, 0.29) is 17.1 Å². The molecule has 0 aliphatic carbocycles. The van der Waals surface area contributed by atoms with Crippen molar-refractivity contribution in [3.63, 3.8) is 0 Å². The summed E-state index contributed by atoms with van der Waals surface area (Å²) < 4.78 is 14.4. The maximum absolute atomic E-state index is 13.0. The molecule has 1 amide bonds. The SMILES string of the molecule is CC(=N)/C(=C(/C)N)c1ccc(=O)n(-c2ccc(F)cc2)c1.CCC.C\C=C/C(=C\N(C=O)c1cccc(O)c1)C(/C(C)=N)=C(\C)N. The van der Waals surface area contributed by atoms with Gasteiger partial charge >= 0.3 is 0 Å². The Morgan fingerprint density at radius 2 is 1.57 bits per heavy atom. The van der Waals surface area contributed by atoms with Crippen LogP contribution in [0.4, 0.5) is 10.1 Å². The molecule has 0 spiro atoms. The number of aromatic hydroxyl groups is 1. The zero-order valence-electron chi connectivity index (χ0n) is 27.6. The van der Waals surface area contributed by atoms with Gasteiger partial charge in [0.25, 0.3) is 5.56 Å². The molecule has 2 aromatic carbocycles. The molecule has 0 bridgehead atoms. The van der Waals surface area contributed by atoms with Crippen molar-refractivity contribution in [2.75, 3.05) is 4.90 Å². The zero-order chi connectivity index (χ0) is 35.0. The van der Waals surface area contributed by atoms with Crippen LogP contribution in [0.1, 0.15) is 60.5 Å². The third kappa shape index (κ3) is 11.5. The highest BCUT2D eigenvalue weighted by atomic mass is 19.1. The van der Waals surface area contributed by atoms with E-state index in [4.69, 9.17) is 22.3 Å². The van der Waals surface area contributed by atoms with Crippen LogP contribution in [0.15, 0.2) is 113 Å². The number of nitrogens with zero attached hydrogens (tertiary/aromatic N) is 2. The lowest BCUT2D eigenvalue weighted by molar-refractivity contribution is -0.106. The minimum Gasteiger partial charge on any atom is -0.508 e. The highest BCUT2D eigenvalue weighted by molar-refractivity contribution is 6.21. The summed E-state index contributed by atoms with van der Waals surface area (Å²) in [7, 11) is 0. The molecule has 3 aromatic rings. The fraction of sp³-hybridized carbons (Fsp3) is 0.222. The van der Waals surface area contributed by atoms with E-state index in [9.17, 15) is 19.1 Å². The van der Waals surface area contributed by atoms with Crippen LogP contribution >= 0.6 is 0 Å². The summed E-state index contributed by atoms with van der Waals surface area (Å²) in [6.45, 7) is 12.8. The van der Waals surface area contributed by atoms with Crippen LogP contribution in [-0.2, 0) is 4.79 Å². The van der Waals surface area contributed by atoms with E-state index in [1.807, 2.05) is 13.0 Å². The normalized spacial score (nSPS) is 12.0. The Morgan fingerprint density at radius 3 is 2.02 bits per heavy atom. The summed E-state index contributed by atoms with van der Waals surface area (Å²) in [4.78, 5) is 24.7. The molecular formula is C36H45FN6O3. The molecule has 1 heterocycles. The highest BCUT2D eigenvalue weighted by Gasteiger charge is 2.12. The van der Waals surface area contributed by atoms with Crippen LogP contribution in [0.3, 0.4) is 0 Å². The molecule has 9 nitrogen and oxygen atoms in total. The number of halogens is 1. The number of aromatic nitrogens is 1. The van der Waals surface area contributed by atoms with Gasteiger partial charge < -0.3 is 27.4 Å². The lowest BCUT2D eigenvalue weighted by atomic mass is 10.00. The Kier molecular flexibility index (Phi) is 15.9. The Balaban J connectivity index is 0.000000424. The smallest absolute Gasteiger partial charge is 0.255 e. The summed E-state index contributed by atoms with van der Waals surface area (Å²) in [5.74, 6) is -0.295. The number of carbonyl (C=O) groups is 1. The minimum atomic E-state index is -0.364. The number of anilines is 1. The van der Waals surface area contributed by atoms with Gasteiger partial charge in [-0.3, -0.25) is 19.1 Å². The number of rotatable bonds is 9. The molecule has 0 saturated heterocycles. The minimum absolute atomic E-state index is 0.0688. The van der Waals surface area contributed by atoms with Gasteiger partial charge in [-0.2, -0.15) is 0 Å². The number of phenols is 1. The maximum atomic E-state index is 13.0. The van der Waals surface area contributed by atoms with Crippen LogP contribution in [-0.4, -0.2) is 27.5 Å². The molecule has 0 unspecified atom stereocenters. The summed E-state index contributed by atoms with van der Waals surface area (Å²) in [6.07, 6.45) is 8.68. The number of carbonyl (C=O) groups excluding carboxylic acids is 1. The van der Waals surface area contributed by atoms with Gasteiger partial charge in [0.1, 0.15) is 11.6 Å². The standard InChI is InChI=1S/C17H21N3O2.C16H16FN3O.C3H8/c1-4-6-14(17(12(2)18)13(3)19)10-20(11-21)15-7-5-8-16(22)9-15;1-10(18)16(11(2)19)12-3-8-15(21)20(9-12)14-6-4-13(17)5-7-14;1-3-2/h4-11,18,22H,19H2,1-3H3;3-9,18H,19H2,1-2H3;3H2,1-2H3/b6-4-,14-10+,17-13+,18-12?;16-11+,18-10?;. The van der Waals surface area contributed by atoms with E-state index < -0.39 is 0 Å². The molecular weight excluding hydrogens is 583 g/mol. The first kappa shape index (κ1) is 38.5. The lowest BCUT2D eigenvalue weighted by Gasteiger charge is -2.17. The number of benzene rings is 2. The lowest BCUT2D eigenvalue weighted by Crippen LogP contribution is -2.18. The average Bonchev–Trinajstić information content (AvgIpc) is 2.97. The van der Waals surface area contributed by atoms with Crippen LogP contribution in [0.25, 0.3) is 11.3 Å². The number of allylic oxidation sites excluding steroid dienone is 7. The number of pyridine rings is 1. The molecule has 7 N–H and O–H groups in total. The molecule has 0 saturated carbocycles. The largest absolute Gasteiger partial charge is 0.508 e. The van der Waals surface area contributed by atoms with Gasteiger partial charge in [0.15, 0.2) is 0 Å². The van der Waals surface area contributed by atoms with Gasteiger partial charge in [-0.1, -0.05) is 38.5 Å². The number of nitrogens with two attached hydrogens (primary N) is 2. The molecule has 10 heteroatoms. The molecule has 0 fully saturated rings. The van der Waals surface area contributed by atoms with Crippen molar-refractivity contribution in [2.45, 2.75) is 54.9 Å². The second-order valence-corrected chi connectivity index (χ2v) is 10.3. The fourth-order valence-corrected chi connectivity index (χ4v) is 4.26. The van der Waals surface area contributed by atoms with Crippen molar-refractivity contribution in [3.05, 3.63) is 129 Å². The van der Waals surface area contributed by atoms with Crippen molar-refractivity contribution >= 4 is 29.1 Å². The fourth-order valence-electron chi connectivity index (χ4n) is 4.26. The second kappa shape index (κ2) is 19.0. The monoisotopic (exact) mass is 628 g/mol. The third-order valence-electron chi connectivity index (χ3n) is 6.00. The van der Waals surface area contributed by atoms with Gasteiger partial charge in [-0.15, -0.1) is 0 Å². The van der Waals surface area contributed by atoms with Crippen molar-refractivity contribution < 1.29 is 14.3 Å². The first-order valence-corrected chi connectivity index (χ1v) is 14.6. The molecule has 46 heavy (non-hydrogen) atoms. The number of amides is 1. The first-order valence-electron chi connectivity index (χ1n) is 14.6. The van der Waals surface area contributed by atoms with E-state index in [0.29, 0.717) is 62.9 Å². The average molecular weight is 629 g/mol. The molecule has 0 atom stereocenters. The number of nitrogens with one attached hydrogen (secondary N) is 2. The van der Waals surface area contributed by atoms with Crippen molar-refractivity contribution in [1.82, 2.24) is 4.57 Å². The Morgan fingerprint density at radius 1 is 0.957 bits per heavy atom. The van der Waals surface area contributed by atoms with Crippen molar-refractivity contribution in [1.29, 1.82) is 10.8 Å². The zero-order valence-corrected chi connectivity index (χ0v) is 27.6. The van der Waals surface area contributed by atoms with Gasteiger partial charge in [0.05, 0.1) is 5.69 Å². The molecule has 244 valence electrons. The molecule has 3 rings (SSSR count). The highest BCUT2D eigenvalue weighted by Crippen LogP contribution is 2.23. The Hall–Kier alpha value is -5.51. The summed E-state index contributed by atoms with van der Waals surface area (Å²) in [5, 5.41) is 25.2. The topological polar surface area (TPSA) is 162 Å². The number of phenolic OH excluding ortho intramolecular Hbond substituents is 1. The summed E-state index contributed by atoms with van der Waals surface area (Å²) in [5.41, 5.74) is 16.6. The summed E-state index contributed by atoms with van der Waals surface area (Å²) in [6, 6.07) is 15.0. The van der Waals surface area contributed by atoms with Gasteiger partial charge in [-0.25, -0.2) is 4.39 Å². The van der Waals surface area contributed by atoms with E-state index in [1.165, 1.54) is 58.4 Å². The molecule has 0 aliphatic heterocycles. The van der Waals surface area contributed by atoms with Crippen LogP contribution in [0.5, 0.6) is 5.75 Å². The van der Waals surface area contributed by atoms with Crippen LogP contribution in [0, 0.1) is 16.6 Å². The van der Waals surface area contributed by atoms with Crippen LogP contribution in [0.2, 0.25) is 0 Å². The Labute approximate surface area is 270 Å². The van der Waals surface area contributed by atoms with E-state index in [0.717, 1.165) is 0 Å². The van der Waals surface area contributed by atoms with Crippen LogP contribution < -0.4 is 21.9 Å². The van der Waals surface area contributed by atoms with Gasteiger partial charge in [0, 0.05) is 75.3 Å². The number of hydrogen-bond donors (Lipinski definition) is 5. The maximum Gasteiger partial charge on any atom is 0.255 e. The van der Waals surface area contributed by atoms with E-state index in [2.05, 4.69) is 13.8 Å². The predicted octanol–water partition coefficient (Wildman–Crippen LogP) is 7.21. The van der Waals surface area contributed by atoms with Gasteiger partial charge in [0.2, 0.25) is 6.41 Å². The quantitative estimate of drug-likeness (QED) is 0.0959. The predicted molar refractivity (Wildman–Crippen MR) is 188 cm³/mol. The number of hydrogen-bond acceptors (Lipinski definition) is 7. The van der Waals surface area contributed by atoms with Gasteiger partial charge in [-0.05, 0) is 77.1 Å². The second-order valence-electron chi connectivity index (χ2n) is 10.3. The summed E-state index contributed by atoms with van der Waals surface area (Å²) >= 11 is 0. The first-order chi connectivity index (χ1) is 21.7. The van der Waals surface area contributed by atoms with Crippen molar-refractivity contribution in [2.24, 2.45) is 11.5 Å². The Bertz CT molecular complexity index is 1690. The molecule has 0 aliphatic rings. The molecule has 1 aromatic heterocycles. The molecule has 0 radical (unpaired) electrons.